The van der Waals surface area contributed by atoms with Crippen LogP contribution in [0.25, 0.3) is 11.3 Å². The molecule has 7 nitrogen and oxygen atoms in total. The quantitative estimate of drug-likeness (QED) is 0.777. The number of piperidine rings is 1. The van der Waals surface area contributed by atoms with Crippen LogP contribution in [0.15, 0.2) is 30.5 Å². The first kappa shape index (κ1) is 17.3. The molecule has 1 fully saturated rings. The number of primary amides is 1. The number of carbonyl (C=O) groups is 2. The summed E-state index contributed by atoms with van der Waals surface area (Å²) in [5, 5.41) is 10.6. The predicted octanol–water partition coefficient (Wildman–Crippen LogP) is 2.14. The number of H-pyrrole nitrogens is 1. The van der Waals surface area contributed by atoms with E-state index in [9.17, 15) is 9.59 Å². The number of hydrogen-bond acceptors (Lipinski definition) is 3. The van der Waals surface area contributed by atoms with E-state index in [0.717, 1.165) is 29.7 Å². The molecular weight excluding hydrogens is 342 g/mol. The lowest BCUT2D eigenvalue weighted by Crippen LogP contribution is -2.47. The highest BCUT2D eigenvalue weighted by Gasteiger charge is 2.26. The summed E-state index contributed by atoms with van der Waals surface area (Å²) in [6.45, 7) is 1.34. The predicted molar refractivity (Wildman–Crippen MR) is 94.8 cm³/mol. The number of aromatic nitrogens is 2. The number of aromatic amines is 1. The van der Waals surface area contributed by atoms with Crippen molar-refractivity contribution >= 4 is 23.5 Å². The molecule has 1 aliphatic rings. The Morgan fingerprint density at radius 1 is 1.36 bits per heavy atom. The number of halogens is 1. The van der Waals surface area contributed by atoms with E-state index < -0.39 is 0 Å². The molecule has 3 rings (SSSR count). The van der Waals surface area contributed by atoms with Gasteiger partial charge in [-0.1, -0.05) is 23.7 Å². The third-order valence-corrected chi connectivity index (χ3v) is 4.64. The second-order valence-corrected chi connectivity index (χ2v) is 6.56. The fraction of sp³-hybridized carbons (Fsp3) is 0.353. The van der Waals surface area contributed by atoms with Crippen LogP contribution in [0.4, 0.5) is 4.79 Å². The normalized spacial score (nSPS) is 17.3. The molecule has 25 heavy (non-hydrogen) atoms. The summed E-state index contributed by atoms with van der Waals surface area (Å²) in [6.07, 6.45) is 3.21. The largest absolute Gasteiger partial charge is 0.369 e. The van der Waals surface area contributed by atoms with Gasteiger partial charge in [0.05, 0.1) is 17.8 Å². The maximum Gasteiger partial charge on any atom is 0.317 e. The van der Waals surface area contributed by atoms with Crippen molar-refractivity contribution in [3.63, 3.8) is 0 Å². The topological polar surface area (TPSA) is 104 Å². The SMILES string of the molecule is NC(=O)[C@H]1CCCN(C(=O)NCc2cn[nH]c2-c2ccc(Cl)cc2)C1. The third-order valence-electron chi connectivity index (χ3n) is 4.39. The molecule has 0 saturated carbocycles. The number of likely N-dealkylation sites (tertiary alicyclic amines) is 1. The molecule has 2 heterocycles. The van der Waals surface area contributed by atoms with Gasteiger partial charge in [-0.15, -0.1) is 0 Å². The van der Waals surface area contributed by atoms with Gasteiger partial charge in [-0.05, 0) is 30.5 Å². The van der Waals surface area contributed by atoms with Crippen LogP contribution in [0.2, 0.25) is 5.02 Å². The molecule has 1 atom stereocenters. The first-order valence-corrected chi connectivity index (χ1v) is 8.52. The molecule has 0 radical (unpaired) electrons. The third kappa shape index (κ3) is 4.11. The second kappa shape index (κ2) is 7.57. The Bertz CT molecular complexity index is 759. The number of urea groups is 1. The molecule has 4 N–H and O–H groups in total. The lowest BCUT2D eigenvalue weighted by atomic mass is 9.98. The van der Waals surface area contributed by atoms with Crippen LogP contribution in [0.1, 0.15) is 18.4 Å². The van der Waals surface area contributed by atoms with E-state index in [0.29, 0.717) is 24.7 Å². The summed E-state index contributed by atoms with van der Waals surface area (Å²) in [5.74, 6) is -0.615. The van der Waals surface area contributed by atoms with Gasteiger partial charge in [0.15, 0.2) is 0 Å². The van der Waals surface area contributed by atoms with Gasteiger partial charge in [0.25, 0.3) is 0 Å². The number of hydrogen-bond donors (Lipinski definition) is 3. The number of amides is 3. The van der Waals surface area contributed by atoms with Crippen molar-refractivity contribution in [3.05, 3.63) is 41.0 Å². The lowest BCUT2D eigenvalue weighted by Gasteiger charge is -2.31. The molecule has 0 aliphatic carbocycles. The maximum atomic E-state index is 12.4. The minimum absolute atomic E-state index is 0.200. The summed E-state index contributed by atoms with van der Waals surface area (Å²) >= 11 is 5.91. The monoisotopic (exact) mass is 361 g/mol. The van der Waals surface area contributed by atoms with Gasteiger partial charge in [0.1, 0.15) is 0 Å². The minimum Gasteiger partial charge on any atom is -0.369 e. The van der Waals surface area contributed by atoms with Crippen molar-refractivity contribution < 1.29 is 9.59 Å². The van der Waals surface area contributed by atoms with Crippen molar-refractivity contribution in [2.45, 2.75) is 19.4 Å². The van der Waals surface area contributed by atoms with E-state index in [2.05, 4.69) is 15.5 Å². The van der Waals surface area contributed by atoms with Crippen LogP contribution in [-0.2, 0) is 11.3 Å². The number of nitrogens with two attached hydrogens (primary N) is 1. The first-order chi connectivity index (χ1) is 12.0. The Kier molecular flexibility index (Phi) is 5.23. The Labute approximate surface area is 150 Å². The Hall–Kier alpha value is -2.54. The fourth-order valence-electron chi connectivity index (χ4n) is 2.99. The summed E-state index contributed by atoms with van der Waals surface area (Å²) in [7, 11) is 0. The number of nitrogens with zero attached hydrogens (tertiary/aromatic N) is 2. The molecule has 0 unspecified atom stereocenters. The molecular formula is C17H20ClN5O2. The Morgan fingerprint density at radius 2 is 2.12 bits per heavy atom. The van der Waals surface area contributed by atoms with E-state index >= 15 is 0 Å². The van der Waals surface area contributed by atoms with Crippen molar-refractivity contribution in [2.24, 2.45) is 11.7 Å². The highest BCUT2D eigenvalue weighted by molar-refractivity contribution is 6.30. The highest BCUT2D eigenvalue weighted by atomic mass is 35.5. The molecule has 3 amide bonds. The Morgan fingerprint density at radius 3 is 2.84 bits per heavy atom. The molecule has 1 aliphatic heterocycles. The van der Waals surface area contributed by atoms with Crippen LogP contribution < -0.4 is 11.1 Å². The molecule has 132 valence electrons. The zero-order chi connectivity index (χ0) is 17.8. The van der Waals surface area contributed by atoms with Crippen molar-refractivity contribution in [1.29, 1.82) is 0 Å². The molecule has 1 saturated heterocycles. The molecule has 0 spiro atoms. The van der Waals surface area contributed by atoms with Gasteiger partial charge in [0, 0.05) is 30.2 Å². The van der Waals surface area contributed by atoms with E-state index in [-0.39, 0.29) is 17.9 Å². The lowest BCUT2D eigenvalue weighted by molar-refractivity contribution is -0.123. The number of nitrogens with one attached hydrogen (secondary N) is 2. The fourth-order valence-corrected chi connectivity index (χ4v) is 3.11. The van der Waals surface area contributed by atoms with Crippen LogP contribution in [0.3, 0.4) is 0 Å². The van der Waals surface area contributed by atoms with Crippen molar-refractivity contribution in [3.8, 4) is 11.3 Å². The van der Waals surface area contributed by atoms with E-state index in [1.54, 1.807) is 23.2 Å². The Balaban J connectivity index is 1.62. The van der Waals surface area contributed by atoms with Gasteiger partial charge in [-0.3, -0.25) is 9.89 Å². The molecule has 2 aromatic rings. The molecule has 1 aromatic heterocycles. The van der Waals surface area contributed by atoms with E-state index in [4.69, 9.17) is 17.3 Å². The van der Waals surface area contributed by atoms with Gasteiger partial charge in [0.2, 0.25) is 5.91 Å². The zero-order valence-corrected chi connectivity index (χ0v) is 14.4. The van der Waals surface area contributed by atoms with Gasteiger partial charge >= 0.3 is 6.03 Å². The summed E-state index contributed by atoms with van der Waals surface area (Å²) in [4.78, 5) is 25.3. The highest BCUT2D eigenvalue weighted by Crippen LogP contribution is 2.23. The zero-order valence-electron chi connectivity index (χ0n) is 13.7. The van der Waals surface area contributed by atoms with E-state index in [1.807, 2.05) is 12.1 Å². The molecule has 0 bridgehead atoms. The first-order valence-electron chi connectivity index (χ1n) is 8.15. The second-order valence-electron chi connectivity index (χ2n) is 6.12. The smallest absolute Gasteiger partial charge is 0.317 e. The average molecular weight is 362 g/mol. The summed E-state index contributed by atoms with van der Waals surface area (Å²) in [6, 6.07) is 7.19. The van der Waals surface area contributed by atoms with Crippen LogP contribution in [0.5, 0.6) is 0 Å². The van der Waals surface area contributed by atoms with Gasteiger partial charge in [-0.25, -0.2) is 4.79 Å². The van der Waals surface area contributed by atoms with Crippen molar-refractivity contribution in [1.82, 2.24) is 20.4 Å². The minimum atomic E-state index is -0.350. The van der Waals surface area contributed by atoms with Gasteiger partial charge < -0.3 is 16.0 Å². The number of rotatable bonds is 4. The van der Waals surface area contributed by atoms with Crippen molar-refractivity contribution in [2.75, 3.05) is 13.1 Å². The molecule has 1 aromatic carbocycles. The van der Waals surface area contributed by atoms with Crippen LogP contribution >= 0.6 is 11.6 Å². The average Bonchev–Trinajstić information content (AvgIpc) is 3.09. The van der Waals surface area contributed by atoms with Crippen LogP contribution in [0, 0.1) is 5.92 Å². The standard InChI is InChI=1S/C17H20ClN5O2/c18-14-5-3-11(4-6-14)15-13(9-21-22-15)8-20-17(25)23-7-1-2-12(10-23)16(19)24/h3-6,9,12H,1-2,7-8,10H2,(H2,19,24)(H,20,25)(H,21,22)/t12-/m0/s1. The number of carbonyl (C=O) groups excluding carboxylic acids is 2. The summed E-state index contributed by atoms with van der Waals surface area (Å²) in [5.41, 5.74) is 8.01. The number of benzene rings is 1. The van der Waals surface area contributed by atoms with E-state index in [1.165, 1.54) is 0 Å². The molecule has 8 heteroatoms. The van der Waals surface area contributed by atoms with Crippen LogP contribution in [-0.4, -0.2) is 40.1 Å². The van der Waals surface area contributed by atoms with Gasteiger partial charge in [-0.2, -0.15) is 5.10 Å². The summed E-state index contributed by atoms with van der Waals surface area (Å²) < 4.78 is 0. The maximum absolute atomic E-state index is 12.4.